The molecule has 1 aliphatic carbocycles. The maximum Gasteiger partial charge on any atom is 0.174 e. The number of aromatic nitrogens is 2. The van der Waals surface area contributed by atoms with Crippen molar-refractivity contribution in [2.24, 2.45) is 5.92 Å². The molecular weight excluding hydrogens is 378 g/mol. The van der Waals surface area contributed by atoms with Gasteiger partial charge in [0.2, 0.25) is 0 Å². The number of imidazole rings is 1. The summed E-state index contributed by atoms with van der Waals surface area (Å²) in [6.45, 7) is 0.956. The highest BCUT2D eigenvalue weighted by atomic mass is 32.2. The molecule has 2 atom stereocenters. The highest BCUT2D eigenvalue weighted by molar-refractivity contribution is 7.99. The molecule has 0 saturated heterocycles. The van der Waals surface area contributed by atoms with Crippen molar-refractivity contribution in [3.05, 3.63) is 90.3 Å². The van der Waals surface area contributed by atoms with E-state index in [2.05, 4.69) is 47.1 Å². The number of benzene rings is 2. The van der Waals surface area contributed by atoms with Crippen LogP contribution in [-0.2, 0) is 18.1 Å². The van der Waals surface area contributed by atoms with Crippen molar-refractivity contribution < 1.29 is 4.74 Å². The SMILES string of the molecule is N#C[C@H]1CC=CC[C@@H]1c1cnc(Sc2ccccc2)n1COCc1ccccc1. The first-order valence-electron chi connectivity index (χ1n) is 9.80. The van der Waals surface area contributed by atoms with Gasteiger partial charge in [0.05, 0.1) is 18.6 Å². The van der Waals surface area contributed by atoms with Crippen molar-refractivity contribution in [3.8, 4) is 6.07 Å². The third kappa shape index (κ3) is 4.79. The number of allylic oxidation sites excluding steroid dienone is 2. The standard InChI is InChI=1S/C24H23N3OS/c25-15-20-11-7-8-14-22(20)23-16-26-24(29-21-12-5-2-6-13-21)27(23)18-28-17-19-9-3-1-4-10-19/h1-10,12-13,16,20,22H,11,14,17-18H2/t20-,22+/m1/s1. The van der Waals surface area contributed by atoms with Gasteiger partial charge in [-0.15, -0.1) is 0 Å². The van der Waals surface area contributed by atoms with E-state index in [4.69, 9.17) is 9.72 Å². The van der Waals surface area contributed by atoms with Gasteiger partial charge in [0.1, 0.15) is 6.73 Å². The Morgan fingerprint density at radius 1 is 1.03 bits per heavy atom. The molecule has 0 saturated carbocycles. The Labute approximate surface area is 175 Å². The van der Waals surface area contributed by atoms with Gasteiger partial charge >= 0.3 is 0 Å². The number of ether oxygens (including phenoxy) is 1. The van der Waals surface area contributed by atoms with Crippen LogP contribution < -0.4 is 0 Å². The molecule has 0 spiro atoms. The van der Waals surface area contributed by atoms with Crippen molar-refractivity contribution >= 4 is 11.8 Å². The van der Waals surface area contributed by atoms with Crippen LogP contribution in [0.5, 0.6) is 0 Å². The number of nitrogens with zero attached hydrogens (tertiary/aromatic N) is 3. The molecule has 0 unspecified atom stereocenters. The Bertz CT molecular complexity index is 992. The predicted molar refractivity (Wildman–Crippen MR) is 114 cm³/mol. The zero-order chi connectivity index (χ0) is 19.9. The van der Waals surface area contributed by atoms with Gasteiger partial charge in [-0.3, -0.25) is 4.57 Å². The lowest BCUT2D eigenvalue weighted by molar-refractivity contribution is 0.0557. The molecule has 29 heavy (non-hydrogen) atoms. The van der Waals surface area contributed by atoms with E-state index < -0.39 is 0 Å². The quantitative estimate of drug-likeness (QED) is 0.471. The lowest BCUT2D eigenvalue weighted by Crippen LogP contribution is -2.18. The number of nitriles is 1. The second-order valence-electron chi connectivity index (χ2n) is 7.06. The van der Waals surface area contributed by atoms with Gasteiger partial charge in [-0.1, -0.05) is 72.4 Å². The monoisotopic (exact) mass is 401 g/mol. The molecular formula is C24H23N3OS. The summed E-state index contributed by atoms with van der Waals surface area (Å²) in [6, 6.07) is 22.9. The molecule has 0 aliphatic heterocycles. The van der Waals surface area contributed by atoms with Crippen LogP contribution in [0.2, 0.25) is 0 Å². The van der Waals surface area contributed by atoms with Crippen LogP contribution in [0.1, 0.15) is 30.0 Å². The van der Waals surface area contributed by atoms with Gasteiger partial charge in [-0.2, -0.15) is 5.26 Å². The van der Waals surface area contributed by atoms with E-state index in [1.807, 2.05) is 42.6 Å². The fourth-order valence-corrected chi connectivity index (χ4v) is 4.46. The smallest absolute Gasteiger partial charge is 0.174 e. The number of rotatable bonds is 7. The molecule has 0 amide bonds. The molecule has 2 aromatic carbocycles. The van der Waals surface area contributed by atoms with Crippen molar-refractivity contribution in [2.75, 3.05) is 0 Å². The summed E-state index contributed by atoms with van der Waals surface area (Å²) in [5.41, 5.74) is 2.22. The summed E-state index contributed by atoms with van der Waals surface area (Å²) in [7, 11) is 0. The molecule has 5 heteroatoms. The van der Waals surface area contributed by atoms with Crippen molar-refractivity contribution in [3.63, 3.8) is 0 Å². The van der Waals surface area contributed by atoms with E-state index in [9.17, 15) is 5.26 Å². The highest BCUT2D eigenvalue weighted by Crippen LogP contribution is 2.37. The van der Waals surface area contributed by atoms with Gasteiger partial charge in [0.25, 0.3) is 0 Å². The lowest BCUT2D eigenvalue weighted by Gasteiger charge is -2.24. The number of hydrogen-bond acceptors (Lipinski definition) is 4. The average Bonchev–Trinajstić information content (AvgIpc) is 3.17. The van der Waals surface area contributed by atoms with Crippen molar-refractivity contribution in [1.29, 1.82) is 5.26 Å². The molecule has 4 rings (SSSR count). The van der Waals surface area contributed by atoms with E-state index in [0.29, 0.717) is 13.3 Å². The summed E-state index contributed by atoms with van der Waals surface area (Å²) < 4.78 is 8.19. The maximum absolute atomic E-state index is 9.63. The lowest BCUT2D eigenvalue weighted by atomic mass is 9.82. The van der Waals surface area contributed by atoms with Crippen LogP contribution in [0.15, 0.2) is 89.1 Å². The first-order chi connectivity index (χ1) is 14.3. The average molecular weight is 402 g/mol. The zero-order valence-corrected chi connectivity index (χ0v) is 17.0. The molecule has 0 bridgehead atoms. The molecule has 1 aromatic heterocycles. The van der Waals surface area contributed by atoms with Gasteiger partial charge in [0.15, 0.2) is 5.16 Å². The van der Waals surface area contributed by atoms with Gasteiger partial charge in [-0.05, 0) is 30.5 Å². The third-order valence-corrected chi connectivity index (χ3v) is 6.13. The molecule has 1 heterocycles. The molecule has 3 aromatic rings. The Morgan fingerprint density at radius 3 is 2.52 bits per heavy atom. The second-order valence-corrected chi connectivity index (χ2v) is 8.10. The summed E-state index contributed by atoms with van der Waals surface area (Å²) >= 11 is 1.63. The maximum atomic E-state index is 9.63. The zero-order valence-electron chi connectivity index (χ0n) is 16.1. The summed E-state index contributed by atoms with van der Waals surface area (Å²) in [5, 5.41) is 10.5. The highest BCUT2D eigenvalue weighted by Gasteiger charge is 2.28. The minimum atomic E-state index is -0.0286. The van der Waals surface area contributed by atoms with Gasteiger partial charge in [-0.25, -0.2) is 4.98 Å². The van der Waals surface area contributed by atoms with Crippen LogP contribution in [0.4, 0.5) is 0 Å². The molecule has 4 nitrogen and oxygen atoms in total. The minimum Gasteiger partial charge on any atom is -0.356 e. The largest absolute Gasteiger partial charge is 0.356 e. The van der Waals surface area contributed by atoms with Gasteiger partial charge < -0.3 is 4.74 Å². The van der Waals surface area contributed by atoms with E-state index >= 15 is 0 Å². The normalized spacial score (nSPS) is 18.4. The van der Waals surface area contributed by atoms with E-state index in [1.54, 1.807) is 11.8 Å². The van der Waals surface area contributed by atoms with Crippen LogP contribution >= 0.6 is 11.8 Å². The summed E-state index contributed by atoms with van der Waals surface area (Å²) in [5.74, 6) is 0.113. The van der Waals surface area contributed by atoms with Crippen LogP contribution in [0.25, 0.3) is 0 Å². The van der Waals surface area contributed by atoms with Crippen LogP contribution in [0.3, 0.4) is 0 Å². The van der Waals surface area contributed by atoms with Crippen molar-refractivity contribution in [1.82, 2.24) is 9.55 Å². The fourth-order valence-electron chi connectivity index (χ4n) is 3.59. The van der Waals surface area contributed by atoms with Crippen molar-refractivity contribution in [2.45, 2.75) is 42.1 Å². The first-order valence-corrected chi connectivity index (χ1v) is 10.6. The summed E-state index contributed by atoms with van der Waals surface area (Å²) in [4.78, 5) is 5.83. The predicted octanol–water partition coefficient (Wildman–Crippen LogP) is 5.78. The number of hydrogen-bond donors (Lipinski definition) is 0. The summed E-state index contributed by atoms with van der Waals surface area (Å²) in [6.07, 6.45) is 7.85. The molecule has 0 radical (unpaired) electrons. The molecule has 0 N–H and O–H groups in total. The third-order valence-electron chi connectivity index (χ3n) is 5.11. The van der Waals surface area contributed by atoms with Gasteiger partial charge in [0, 0.05) is 22.7 Å². The van der Waals surface area contributed by atoms with Crippen LogP contribution in [0, 0.1) is 17.2 Å². The molecule has 1 aliphatic rings. The molecule has 0 fully saturated rings. The Kier molecular flexibility index (Phi) is 6.45. The minimum absolute atomic E-state index is 0.0286. The fraction of sp³-hybridized carbons (Fsp3) is 0.250. The second kappa shape index (κ2) is 9.60. The Morgan fingerprint density at radius 2 is 1.76 bits per heavy atom. The molecule has 146 valence electrons. The van der Waals surface area contributed by atoms with E-state index in [0.717, 1.165) is 34.2 Å². The van der Waals surface area contributed by atoms with Crippen LogP contribution in [-0.4, -0.2) is 9.55 Å². The van der Waals surface area contributed by atoms with E-state index in [-0.39, 0.29) is 11.8 Å². The Hall–Kier alpha value is -2.81. The Balaban J connectivity index is 1.58. The van der Waals surface area contributed by atoms with E-state index in [1.165, 1.54) is 0 Å². The topological polar surface area (TPSA) is 50.8 Å². The first kappa shape index (κ1) is 19.5.